The predicted molar refractivity (Wildman–Crippen MR) is 124 cm³/mol. The van der Waals surface area contributed by atoms with Crippen LogP contribution < -0.4 is 4.90 Å². The number of nitrogens with zero attached hydrogens (tertiary/aromatic N) is 3. The van der Waals surface area contributed by atoms with Crippen molar-refractivity contribution in [2.75, 3.05) is 31.1 Å². The Morgan fingerprint density at radius 1 is 1.00 bits per heavy atom. The van der Waals surface area contributed by atoms with E-state index in [1.807, 2.05) is 23.1 Å². The molecule has 4 nitrogen and oxygen atoms in total. The fourth-order valence-corrected chi connectivity index (χ4v) is 4.83. The van der Waals surface area contributed by atoms with E-state index in [1.54, 1.807) is 11.3 Å². The molecule has 0 saturated heterocycles. The summed E-state index contributed by atoms with van der Waals surface area (Å²) in [5.41, 5.74) is 5.69. The van der Waals surface area contributed by atoms with E-state index in [2.05, 4.69) is 57.7 Å². The van der Waals surface area contributed by atoms with Crippen LogP contribution in [0.4, 0.5) is 5.13 Å². The molecule has 0 N–H and O–H groups in total. The van der Waals surface area contributed by atoms with Crippen LogP contribution in [0.3, 0.4) is 0 Å². The molecule has 0 fully saturated rings. The highest BCUT2D eigenvalue weighted by Crippen LogP contribution is 2.29. The number of amides is 1. The molecule has 5 heteroatoms. The normalized spacial score (nSPS) is 11.4. The summed E-state index contributed by atoms with van der Waals surface area (Å²) in [4.78, 5) is 22.4. The van der Waals surface area contributed by atoms with E-state index in [9.17, 15) is 4.79 Å². The number of rotatable bonds is 8. The smallest absolute Gasteiger partial charge is 0.233 e. The molecule has 0 atom stereocenters. The Morgan fingerprint density at radius 3 is 2.28 bits per heavy atom. The Balaban J connectivity index is 1.90. The van der Waals surface area contributed by atoms with Gasteiger partial charge < -0.3 is 4.90 Å². The number of para-hydroxylation sites is 1. The van der Waals surface area contributed by atoms with Gasteiger partial charge >= 0.3 is 0 Å². The minimum Gasteiger partial charge on any atom is -0.302 e. The van der Waals surface area contributed by atoms with Crippen molar-refractivity contribution in [2.45, 2.75) is 41.0 Å². The largest absolute Gasteiger partial charge is 0.302 e. The number of carbonyl (C=O) groups is 1. The molecule has 0 saturated carbocycles. The fourth-order valence-electron chi connectivity index (χ4n) is 3.82. The van der Waals surface area contributed by atoms with E-state index < -0.39 is 0 Å². The van der Waals surface area contributed by atoms with Crippen molar-refractivity contribution in [3.63, 3.8) is 0 Å². The van der Waals surface area contributed by atoms with Crippen molar-refractivity contribution in [3.05, 3.63) is 58.7 Å². The molecule has 3 rings (SSSR count). The summed E-state index contributed by atoms with van der Waals surface area (Å²) in [5, 5.41) is 0.797. The van der Waals surface area contributed by atoms with E-state index in [0.717, 1.165) is 40.5 Å². The highest BCUT2D eigenvalue weighted by atomic mass is 32.1. The molecule has 29 heavy (non-hydrogen) atoms. The van der Waals surface area contributed by atoms with Gasteiger partial charge in [0.25, 0.3) is 0 Å². The van der Waals surface area contributed by atoms with Crippen LogP contribution in [-0.4, -0.2) is 42.0 Å². The van der Waals surface area contributed by atoms with Crippen LogP contribution >= 0.6 is 11.3 Å². The first-order valence-corrected chi connectivity index (χ1v) is 11.2. The monoisotopic (exact) mass is 409 g/mol. The third-order valence-electron chi connectivity index (χ3n) is 5.52. The zero-order valence-corrected chi connectivity index (χ0v) is 19.0. The number of carbonyl (C=O) groups excluding carboxylic acids is 1. The van der Waals surface area contributed by atoms with Gasteiger partial charge in [0.05, 0.1) is 16.6 Å². The summed E-state index contributed by atoms with van der Waals surface area (Å²) in [6, 6.07) is 12.4. The summed E-state index contributed by atoms with van der Waals surface area (Å²) in [5.74, 6) is 0.117. The van der Waals surface area contributed by atoms with Crippen LogP contribution in [0.1, 0.15) is 36.1 Å². The van der Waals surface area contributed by atoms with E-state index in [-0.39, 0.29) is 5.91 Å². The number of hydrogen-bond acceptors (Lipinski definition) is 4. The lowest BCUT2D eigenvalue weighted by Crippen LogP contribution is -2.39. The second-order valence-corrected chi connectivity index (χ2v) is 8.60. The molecule has 0 spiro atoms. The van der Waals surface area contributed by atoms with Crippen LogP contribution in [0.2, 0.25) is 0 Å². The topological polar surface area (TPSA) is 36.4 Å². The van der Waals surface area contributed by atoms with Crippen LogP contribution in [0.5, 0.6) is 0 Å². The Hall–Kier alpha value is -2.24. The molecule has 0 unspecified atom stereocenters. The zero-order chi connectivity index (χ0) is 21.0. The molecule has 3 aromatic rings. The van der Waals surface area contributed by atoms with Gasteiger partial charge in [-0.05, 0) is 62.7 Å². The Kier molecular flexibility index (Phi) is 7.04. The third kappa shape index (κ3) is 5.03. The summed E-state index contributed by atoms with van der Waals surface area (Å²) >= 11 is 1.60. The maximum absolute atomic E-state index is 13.4. The highest BCUT2D eigenvalue weighted by molar-refractivity contribution is 7.22. The first-order chi connectivity index (χ1) is 13.9. The van der Waals surface area contributed by atoms with Crippen molar-refractivity contribution >= 4 is 32.6 Å². The number of aryl methyl sites for hydroxylation is 3. The third-order valence-corrected chi connectivity index (χ3v) is 6.58. The molecule has 0 radical (unpaired) electrons. The molecule has 154 valence electrons. The van der Waals surface area contributed by atoms with Gasteiger partial charge in [0.1, 0.15) is 0 Å². The van der Waals surface area contributed by atoms with Gasteiger partial charge in [0.2, 0.25) is 5.91 Å². The van der Waals surface area contributed by atoms with Gasteiger partial charge in [-0.15, -0.1) is 0 Å². The Bertz CT molecular complexity index is 935. The number of thiazole rings is 1. The van der Waals surface area contributed by atoms with Gasteiger partial charge in [-0.2, -0.15) is 0 Å². The molecular weight excluding hydrogens is 378 g/mol. The maximum atomic E-state index is 13.4. The quantitative estimate of drug-likeness (QED) is 0.517. The Morgan fingerprint density at radius 2 is 1.66 bits per heavy atom. The van der Waals surface area contributed by atoms with Crippen molar-refractivity contribution < 1.29 is 4.79 Å². The first-order valence-electron chi connectivity index (χ1n) is 10.4. The summed E-state index contributed by atoms with van der Waals surface area (Å²) in [7, 11) is 0. The average molecular weight is 410 g/mol. The van der Waals surface area contributed by atoms with Crippen molar-refractivity contribution in [2.24, 2.45) is 0 Å². The van der Waals surface area contributed by atoms with Crippen molar-refractivity contribution in [3.8, 4) is 0 Å². The molecule has 0 bridgehead atoms. The molecule has 0 aliphatic rings. The number of anilines is 1. The first kappa shape index (κ1) is 21.5. The number of fused-ring (bicyclic) bond motifs is 1. The Labute approximate surface area is 178 Å². The van der Waals surface area contributed by atoms with E-state index in [4.69, 9.17) is 4.98 Å². The minimum absolute atomic E-state index is 0.117. The summed E-state index contributed by atoms with van der Waals surface area (Å²) in [6.45, 7) is 14.1. The number of hydrogen-bond donors (Lipinski definition) is 0. The van der Waals surface area contributed by atoms with E-state index >= 15 is 0 Å². The number of likely N-dealkylation sites (N-methyl/N-ethyl adjacent to an activating group) is 1. The second kappa shape index (κ2) is 9.51. The molecule has 1 amide bonds. The fraction of sp³-hybridized carbons (Fsp3) is 0.417. The lowest BCUT2D eigenvalue weighted by atomic mass is 9.97. The molecule has 0 aliphatic carbocycles. The number of aromatic nitrogens is 1. The van der Waals surface area contributed by atoms with Gasteiger partial charge in [-0.1, -0.05) is 55.0 Å². The SMILES string of the molecule is CCN(CC)CCN(C(=O)Cc1c(C)cc(C)cc1C)c1nc2ccccc2s1. The molecular formula is C24H31N3OS. The molecule has 1 aromatic heterocycles. The van der Waals surface area contributed by atoms with Crippen LogP contribution in [0.15, 0.2) is 36.4 Å². The predicted octanol–water partition coefficient (Wildman–Crippen LogP) is 5.14. The standard InChI is InChI=1S/C24H31N3OS/c1-6-26(7-2)12-13-27(24-25-21-10-8-9-11-22(21)29-24)23(28)16-20-18(4)14-17(3)15-19(20)5/h8-11,14-15H,6-7,12-13,16H2,1-5H3. The second-order valence-electron chi connectivity index (χ2n) is 7.59. The number of benzene rings is 2. The minimum atomic E-state index is 0.117. The van der Waals surface area contributed by atoms with Gasteiger partial charge in [-0.3, -0.25) is 9.69 Å². The van der Waals surface area contributed by atoms with Crippen LogP contribution in [0, 0.1) is 20.8 Å². The lowest BCUT2D eigenvalue weighted by molar-refractivity contribution is -0.118. The van der Waals surface area contributed by atoms with Crippen molar-refractivity contribution in [1.82, 2.24) is 9.88 Å². The zero-order valence-electron chi connectivity index (χ0n) is 18.2. The van der Waals surface area contributed by atoms with E-state index in [1.165, 1.54) is 16.7 Å². The highest BCUT2D eigenvalue weighted by Gasteiger charge is 2.22. The van der Waals surface area contributed by atoms with Crippen LogP contribution in [-0.2, 0) is 11.2 Å². The average Bonchev–Trinajstić information content (AvgIpc) is 3.11. The molecule has 2 aromatic carbocycles. The lowest BCUT2D eigenvalue weighted by Gasteiger charge is -2.25. The van der Waals surface area contributed by atoms with Gasteiger partial charge in [0, 0.05) is 13.1 Å². The maximum Gasteiger partial charge on any atom is 0.233 e. The van der Waals surface area contributed by atoms with Crippen LogP contribution in [0.25, 0.3) is 10.2 Å². The van der Waals surface area contributed by atoms with Gasteiger partial charge in [0.15, 0.2) is 5.13 Å². The van der Waals surface area contributed by atoms with E-state index in [0.29, 0.717) is 13.0 Å². The molecule has 1 heterocycles. The molecule has 0 aliphatic heterocycles. The summed E-state index contributed by atoms with van der Waals surface area (Å²) < 4.78 is 1.12. The van der Waals surface area contributed by atoms with Gasteiger partial charge in [-0.25, -0.2) is 4.98 Å². The summed E-state index contributed by atoms with van der Waals surface area (Å²) in [6.07, 6.45) is 0.409. The van der Waals surface area contributed by atoms with Crippen molar-refractivity contribution in [1.29, 1.82) is 0 Å².